The Hall–Kier alpha value is -3.60. The Morgan fingerprint density at radius 3 is 2.52 bits per heavy atom. The van der Waals surface area contributed by atoms with Gasteiger partial charge in [-0.25, -0.2) is 4.68 Å². The third-order valence-electron chi connectivity index (χ3n) is 4.44. The Morgan fingerprint density at radius 2 is 1.77 bits per heavy atom. The lowest BCUT2D eigenvalue weighted by molar-refractivity contribution is -0.148. The number of anilines is 1. The van der Waals surface area contributed by atoms with Crippen molar-refractivity contribution in [2.45, 2.75) is 6.54 Å². The number of amides is 1. The number of benzene rings is 2. The molecule has 160 valence electrons. The molecule has 0 fully saturated rings. The molecular weight excluding hydrogens is 474 g/mol. The molecule has 0 atom stereocenters. The van der Waals surface area contributed by atoms with Gasteiger partial charge in [-0.2, -0.15) is 0 Å². The van der Waals surface area contributed by atoms with Gasteiger partial charge in [-0.3, -0.25) is 24.3 Å². The van der Waals surface area contributed by atoms with E-state index >= 15 is 0 Å². The van der Waals surface area contributed by atoms with E-state index in [4.69, 9.17) is 14.2 Å². The first-order valence-electron chi connectivity index (χ1n) is 9.19. The van der Waals surface area contributed by atoms with E-state index in [2.05, 4.69) is 26.3 Å². The molecule has 0 bridgehead atoms. The summed E-state index contributed by atoms with van der Waals surface area (Å²) in [4.78, 5) is 48.8. The summed E-state index contributed by atoms with van der Waals surface area (Å²) in [5, 5.41) is 5.33. The molecule has 1 amide bonds. The number of aromatic amines is 1. The zero-order valence-corrected chi connectivity index (χ0v) is 17.6. The van der Waals surface area contributed by atoms with Crippen LogP contribution in [0.25, 0.3) is 10.8 Å². The molecule has 3 aromatic rings. The maximum Gasteiger partial charge on any atom is 0.328 e. The second kappa shape index (κ2) is 8.64. The maximum atomic E-state index is 12.4. The lowest BCUT2D eigenvalue weighted by Crippen LogP contribution is -2.33. The van der Waals surface area contributed by atoms with Gasteiger partial charge in [0, 0.05) is 16.6 Å². The topological polar surface area (TPSA) is 129 Å². The molecule has 2 heterocycles. The van der Waals surface area contributed by atoms with Crippen LogP contribution < -0.4 is 25.9 Å². The van der Waals surface area contributed by atoms with Crippen LogP contribution in [0.15, 0.2) is 50.5 Å². The first kappa shape index (κ1) is 20.7. The lowest BCUT2D eigenvalue weighted by atomic mass is 10.2. The summed E-state index contributed by atoms with van der Waals surface area (Å²) in [6, 6.07) is 9.52. The van der Waals surface area contributed by atoms with Crippen molar-refractivity contribution in [2.75, 3.05) is 25.1 Å². The number of hydrogen-bond donors (Lipinski definition) is 2. The van der Waals surface area contributed by atoms with Crippen LogP contribution in [0.3, 0.4) is 0 Å². The number of aromatic nitrogens is 2. The Bertz CT molecular complexity index is 1300. The van der Waals surface area contributed by atoms with E-state index in [1.54, 1.807) is 24.3 Å². The normalized spacial score (nSPS) is 12.4. The molecule has 10 nitrogen and oxygen atoms in total. The fraction of sp³-hybridized carbons (Fsp3) is 0.200. The molecule has 4 rings (SSSR count). The van der Waals surface area contributed by atoms with E-state index in [9.17, 15) is 19.2 Å². The maximum absolute atomic E-state index is 12.4. The van der Waals surface area contributed by atoms with E-state index in [1.807, 2.05) is 0 Å². The molecule has 0 saturated heterocycles. The van der Waals surface area contributed by atoms with Gasteiger partial charge < -0.3 is 19.5 Å². The standard InChI is InChI=1S/C20H16BrN3O7/c21-13-7-15-16(30-6-5-29-15)8-14(13)22-17(25)10-31-18(26)9-24-20(28)12-4-2-1-3-11(12)19(27)23-24/h1-4,7-8H,5-6,9-10H2,(H,22,25)(H,23,27). The van der Waals surface area contributed by atoms with Crippen molar-refractivity contribution in [3.05, 3.63) is 61.6 Å². The molecule has 2 N–H and O–H groups in total. The molecule has 1 aliphatic heterocycles. The summed E-state index contributed by atoms with van der Waals surface area (Å²) >= 11 is 3.33. The number of halogens is 1. The van der Waals surface area contributed by atoms with Crippen LogP contribution in [0.4, 0.5) is 5.69 Å². The SMILES string of the molecule is O=C(COC(=O)Cn1[nH]c(=O)c2ccccc2c1=O)Nc1cc2c(cc1Br)OCCO2. The van der Waals surface area contributed by atoms with Gasteiger partial charge >= 0.3 is 5.97 Å². The summed E-state index contributed by atoms with van der Waals surface area (Å²) in [5.41, 5.74) is -0.638. The van der Waals surface area contributed by atoms with Gasteiger partial charge in [-0.05, 0) is 28.1 Å². The minimum atomic E-state index is -0.857. The van der Waals surface area contributed by atoms with Gasteiger partial charge in [0.1, 0.15) is 19.8 Å². The van der Waals surface area contributed by atoms with Gasteiger partial charge in [-0.15, -0.1) is 0 Å². The zero-order valence-electron chi connectivity index (χ0n) is 16.0. The van der Waals surface area contributed by atoms with Crippen LogP contribution >= 0.6 is 15.9 Å². The quantitative estimate of drug-likeness (QED) is 0.518. The van der Waals surface area contributed by atoms with Crippen LogP contribution in [0.5, 0.6) is 11.5 Å². The van der Waals surface area contributed by atoms with Crippen LogP contribution in [-0.4, -0.2) is 41.5 Å². The number of carbonyl (C=O) groups is 2. The van der Waals surface area contributed by atoms with Crippen LogP contribution in [0.1, 0.15) is 0 Å². The minimum absolute atomic E-state index is 0.181. The fourth-order valence-corrected chi connectivity index (χ4v) is 3.45. The minimum Gasteiger partial charge on any atom is -0.486 e. The van der Waals surface area contributed by atoms with Crippen molar-refractivity contribution in [1.29, 1.82) is 0 Å². The highest BCUT2D eigenvalue weighted by molar-refractivity contribution is 9.10. The number of fused-ring (bicyclic) bond motifs is 2. The largest absolute Gasteiger partial charge is 0.486 e. The molecule has 0 spiro atoms. The number of carbonyl (C=O) groups excluding carboxylic acids is 2. The predicted molar refractivity (Wildman–Crippen MR) is 114 cm³/mol. The van der Waals surface area contributed by atoms with Crippen molar-refractivity contribution in [3.63, 3.8) is 0 Å². The van der Waals surface area contributed by atoms with Crippen molar-refractivity contribution < 1.29 is 23.8 Å². The van der Waals surface area contributed by atoms with Gasteiger partial charge in [0.05, 0.1) is 16.5 Å². The van der Waals surface area contributed by atoms with Gasteiger partial charge in [-0.1, -0.05) is 12.1 Å². The molecule has 0 unspecified atom stereocenters. The van der Waals surface area contributed by atoms with Crippen LogP contribution in [0, 0.1) is 0 Å². The molecule has 1 aliphatic rings. The summed E-state index contributed by atoms with van der Waals surface area (Å²) in [6.45, 7) is -0.283. The summed E-state index contributed by atoms with van der Waals surface area (Å²) in [6.07, 6.45) is 0. The number of nitrogens with zero attached hydrogens (tertiary/aromatic N) is 1. The molecule has 2 aromatic carbocycles. The average Bonchev–Trinajstić information content (AvgIpc) is 2.76. The highest BCUT2D eigenvalue weighted by Crippen LogP contribution is 2.38. The number of hydrogen-bond acceptors (Lipinski definition) is 7. The molecule has 31 heavy (non-hydrogen) atoms. The van der Waals surface area contributed by atoms with E-state index in [0.717, 1.165) is 4.68 Å². The molecule has 1 aromatic heterocycles. The Balaban J connectivity index is 1.39. The average molecular weight is 490 g/mol. The first-order chi connectivity index (χ1) is 14.9. The lowest BCUT2D eigenvalue weighted by Gasteiger charge is -2.20. The fourth-order valence-electron chi connectivity index (χ4n) is 3.02. The molecule has 0 radical (unpaired) electrons. The summed E-state index contributed by atoms with van der Waals surface area (Å²) in [7, 11) is 0. The summed E-state index contributed by atoms with van der Waals surface area (Å²) in [5.74, 6) is -0.409. The van der Waals surface area contributed by atoms with Crippen molar-refractivity contribution in [1.82, 2.24) is 9.78 Å². The Labute approximate surface area is 182 Å². The third kappa shape index (κ3) is 4.45. The monoisotopic (exact) mass is 489 g/mol. The first-order valence-corrected chi connectivity index (χ1v) is 9.98. The highest BCUT2D eigenvalue weighted by Gasteiger charge is 2.17. The number of H-pyrrole nitrogens is 1. The van der Waals surface area contributed by atoms with E-state index < -0.39 is 36.1 Å². The van der Waals surface area contributed by atoms with Crippen molar-refractivity contribution >= 4 is 44.3 Å². The smallest absolute Gasteiger partial charge is 0.328 e. The predicted octanol–water partition coefficient (Wildman–Crippen LogP) is 1.41. The van der Waals surface area contributed by atoms with Crippen LogP contribution in [0.2, 0.25) is 0 Å². The number of esters is 1. The van der Waals surface area contributed by atoms with Gasteiger partial charge in [0.25, 0.3) is 17.0 Å². The van der Waals surface area contributed by atoms with Crippen molar-refractivity contribution in [2.24, 2.45) is 0 Å². The van der Waals surface area contributed by atoms with E-state index in [0.29, 0.717) is 34.9 Å². The molecular formula is C20H16BrN3O7. The Kier molecular flexibility index (Phi) is 5.76. The second-order valence-corrected chi connectivity index (χ2v) is 7.42. The van der Waals surface area contributed by atoms with Crippen LogP contribution in [-0.2, 0) is 20.9 Å². The molecule has 0 aliphatic carbocycles. The summed E-state index contributed by atoms with van der Waals surface area (Å²) < 4.78 is 17.3. The highest BCUT2D eigenvalue weighted by atomic mass is 79.9. The number of nitrogens with one attached hydrogen (secondary N) is 2. The zero-order chi connectivity index (χ0) is 22.0. The van der Waals surface area contributed by atoms with E-state index in [1.165, 1.54) is 12.1 Å². The van der Waals surface area contributed by atoms with Gasteiger partial charge in [0.15, 0.2) is 18.1 Å². The van der Waals surface area contributed by atoms with E-state index in [-0.39, 0.29) is 10.8 Å². The molecule has 0 saturated carbocycles. The Morgan fingerprint density at radius 1 is 1.10 bits per heavy atom. The third-order valence-corrected chi connectivity index (χ3v) is 5.10. The second-order valence-electron chi connectivity index (χ2n) is 6.56. The number of rotatable bonds is 5. The molecule has 11 heteroatoms. The van der Waals surface area contributed by atoms with Crippen molar-refractivity contribution in [3.8, 4) is 11.5 Å². The van der Waals surface area contributed by atoms with Gasteiger partial charge in [0.2, 0.25) is 0 Å². The number of ether oxygens (including phenoxy) is 3.